The summed E-state index contributed by atoms with van der Waals surface area (Å²) in [6.45, 7) is -0.105. The van der Waals surface area contributed by atoms with E-state index < -0.39 is 5.76 Å². The summed E-state index contributed by atoms with van der Waals surface area (Å²) in [5.74, 6) is -0.765. The Hall–Kier alpha value is -3.80. The summed E-state index contributed by atoms with van der Waals surface area (Å²) in [6.07, 6.45) is 0. The molecular formula is C22H19N3O3. The number of likely N-dealkylation sites (N-methyl/N-ethyl adjacent to an activating group) is 1. The van der Waals surface area contributed by atoms with Gasteiger partial charge in [0, 0.05) is 24.1 Å². The zero-order chi connectivity index (χ0) is 19.5. The van der Waals surface area contributed by atoms with Crippen LogP contribution in [0.2, 0.25) is 0 Å². The minimum absolute atomic E-state index is 0.105. The third-order valence-electron chi connectivity index (χ3n) is 4.54. The van der Waals surface area contributed by atoms with Crippen LogP contribution in [0.25, 0.3) is 11.1 Å². The highest BCUT2D eigenvalue weighted by molar-refractivity contribution is 5.93. The summed E-state index contributed by atoms with van der Waals surface area (Å²) in [5.41, 5.74) is 3.51. The third kappa shape index (κ3) is 3.53. The van der Waals surface area contributed by atoms with Crippen molar-refractivity contribution in [3.05, 3.63) is 89.4 Å². The molecule has 28 heavy (non-hydrogen) atoms. The lowest BCUT2D eigenvalue weighted by atomic mass is 10.2. The average Bonchev–Trinajstić information content (AvgIpc) is 3.03. The molecule has 0 aliphatic heterocycles. The number of carbonyl (C=O) groups excluding carboxylic acids is 1. The number of fused-ring (bicyclic) bond motifs is 1. The predicted molar refractivity (Wildman–Crippen MR) is 110 cm³/mol. The molecule has 3 aromatic carbocycles. The van der Waals surface area contributed by atoms with E-state index in [1.165, 1.54) is 9.47 Å². The number of anilines is 3. The van der Waals surface area contributed by atoms with Gasteiger partial charge in [0.25, 0.3) is 0 Å². The average molecular weight is 373 g/mol. The van der Waals surface area contributed by atoms with Crippen molar-refractivity contribution in [2.45, 2.75) is 6.54 Å². The highest BCUT2D eigenvalue weighted by atomic mass is 16.4. The Morgan fingerprint density at radius 3 is 2.36 bits per heavy atom. The van der Waals surface area contributed by atoms with Crippen molar-refractivity contribution in [2.75, 3.05) is 17.3 Å². The molecule has 6 nitrogen and oxygen atoms in total. The van der Waals surface area contributed by atoms with Gasteiger partial charge in [-0.15, -0.1) is 0 Å². The SMILES string of the molecule is CN(C(=O)Cn1c(=O)oc2ccc(Nc3ccccc3)cc21)c1ccccc1. The molecule has 0 bridgehead atoms. The lowest BCUT2D eigenvalue weighted by molar-refractivity contribution is -0.118. The predicted octanol–water partition coefficient (Wildman–Crippen LogP) is 4.00. The van der Waals surface area contributed by atoms with Crippen LogP contribution < -0.4 is 16.0 Å². The van der Waals surface area contributed by atoms with Gasteiger partial charge >= 0.3 is 5.76 Å². The van der Waals surface area contributed by atoms with Crippen molar-refractivity contribution in [1.82, 2.24) is 4.57 Å². The number of para-hydroxylation sites is 2. The normalized spacial score (nSPS) is 10.8. The van der Waals surface area contributed by atoms with Crippen LogP contribution in [0.1, 0.15) is 0 Å². The molecule has 0 fully saturated rings. The first kappa shape index (κ1) is 17.6. The smallest absolute Gasteiger partial charge is 0.408 e. The van der Waals surface area contributed by atoms with Gasteiger partial charge in [-0.25, -0.2) is 4.79 Å². The quantitative estimate of drug-likeness (QED) is 0.574. The first-order chi connectivity index (χ1) is 13.6. The summed E-state index contributed by atoms with van der Waals surface area (Å²) in [6, 6.07) is 24.4. The second-order valence-electron chi connectivity index (χ2n) is 6.42. The van der Waals surface area contributed by atoms with Crippen molar-refractivity contribution < 1.29 is 9.21 Å². The van der Waals surface area contributed by atoms with Crippen LogP contribution in [0, 0.1) is 0 Å². The molecule has 0 aliphatic carbocycles. The largest absolute Gasteiger partial charge is 0.420 e. The molecule has 140 valence electrons. The van der Waals surface area contributed by atoms with Crippen LogP contribution in [-0.2, 0) is 11.3 Å². The number of hydrogen-bond acceptors (Lipinski definition) is 4. The summed E-state index contributed by atoms with van der Waals surface area (Å²) in [5, 5.41) is 3.28. The van der Waals surface area contributed by atoms with Gasteiger partial charge in [0.15, 0.2) is 5.58 Å². The summed E-state index contributed by atoms with van der Waals surface area (Å²) in [4.78, 5) is 26.5. The van der Waals surface area contributed by atoms with Gasteiger partial charge in [0.2, 0.25) is 5.91 Å². The summed E-state index contributed by atoms with van der Waals surface area (Å²) in [7, 11) is 1.69. The maximum absolute atomic E-state index is 12.7. The lowest BCUT2D eigenvalue weighted by Gasteiger charge is -2.17. The van der Waals surface area contributed by atoms with Gasteiger partial charge in [-0.2, -0.15) is 0 Å². The van der Waals surface area contributed by atoms with Gasteiger partial charge < -0.3 is 14.6 Å². The molecule has 0 atom stereocenters. The molecule has 0 spiro atoms. The van der Waals surface area contributed by atoms with E-state index in [-0.39, 0.29) is 12.5 Å². The monoisotopic (exact) mass is 373 g/mol. The Labute approximate surface area is 161 Å². The van der Waals surface area contributed by atoms with Crippen molar-refractivity contribution in [3.8, 4) is 0 Å². The fourth-order valence-corrected chi connectivity index (χ4v) is 3.01. The number of hydrogen-bond donors (Lipinski definition) is 1. The van der Waals surface area contributed by atoms with Crippen molar-refractivity contribution >= 4 is 34.1 Å². The van der Waals surface area contributed by atoms with Crippen LogP contribution in [-0.4, -0.2) is 17.5 Å². The van der Waals surface area contributed by atoms with E-state index in [0.29, 0.717) is 11.1 Å². The van der Waals surface area contributed by atoms with Crippen LogP contribution >= 0.6 is 0 Å². The van der Waals surface area contributed by atoms with Crippen LogP contribution in [0.4, 0.5) is 17.1 Å². The maximum atomic E-state index is 12.7. The standard InChI is InChI=1S/C22H19N3O3/c1-24(18-10-6-3-7-11-18)21(26)15-25-19-14-17(12-13-20(19)28-22(25)27)23-16-8-4-2-5-9-16/h2-14,23H,15H2,1H3. The van der Waals surface area contributed by atoms with Crippen LogP contribution in [0.15, 0.2) is 88.1 Å². The zero-order valence-electron chi connectivity index (χ0n) is 15.3. The van der Waals surface area contributed by atoms with Crippen molar-refractivity contribution in [2.24, 2.45) is 0 Å². The first-order valence-corrected chi connectivity index (χ1v) is 8.89. The molecule has 0 radical (unpaired) electrons. The van der Waals surface area contributed by atoms with Crippen LogP contribution in [0.3, 0.4) is 0 Å². The van der Waals surface area contributed by atoms with Crippen molar-refractivity contribution in [3.63, 3.8) is 0 Å². The number of nitrogens with one attached hydrogen (secondary N) is 1. The van der Waals surface area contributed by atoms with E-state index in [1.54, 1.807) is 13.1 Å². The molecule has 6 heteroatoms. The second kappa shape index (κ2) is 7.44. The highest BCUT2D eigenvalue weighted by Crippen LogP contribution is 2.22. The molecular weight excluding hydrogens is 354 g/mol. The number of aromatic nitrogens is 1. The van der Waals surface area contributed by atoms with E-state index >= 15 is 0 Å². The number of nitrogens with zero attached hydrogens (tertiary/aromatic N) is 2. The number of benzene rings is 3. The number of rotatable bonds is 5. The molecule has 0 aliphatic rings. The number of amides is 1. The minimum atomic E-state index is -0.554. The Balaban J connectivity index is 1.63. The molecule has 1 amide bonds. The molecule has 4 aromatic rings. The van der Waals surface area contributed by atoms with E-state index in [1.807, 2.05) is 72.8 Å². The Bertz CT molecular complexity index is 1160. The van der Waals surface area contributed by atoms with E-state index in [4.69, 9.17) is 4.42 Å². The van der Waals surface area contributed by atoms with E-state index in [0.717, 1.165) is 17.1 Å². The third-order valence-corrected chi connectivity index (χ3v) is 4.54. The fourth-order valence-electron chi connectivity index (χ4n) is 3.01. The molecule has 0 unspecified atom stereocenters. The van der Waals surface area contributed by atoms with E-state index in [2.05, 4.69) is 5.32 Å². The lowest BCUT2D eigenvalue weighted by Crippen LogP contribution is -2.32. The highest BCUT2D eigenvalue weighted by Gasteiger charge is 2.17. The summed E-state index contributed by atoms with van der Waals surface area (Å²) < 4.78 is 6.65. The van der Waals surface area contributed by atoms with Gasteiger partial charge in [0.1, 0.15) is 6.54 Å². The van der Waals surface area contributed by atoms with Crippen molar-refractivity contribution in [1.29, 1.82) is 0 Å². The summed E-state index contributed by atoms with van der Waals surface area (Å²) >= 11 is 0. The molecule has 0 saturated carbocycles. The Morgan fingerprint density at radius 1 is 0.964 bits per heavy atom. The van der Waals surface area contributed by atoms with Crippen LogP contribution in [0.5, 0.6) is 0 Å². The molecule has 4 rings (SSSR count). The maximum Gasteiger partial charge on any atom is 0.420 e. The van der Waals surface area contributed by atoms with E-state index in [9.17, 15) is 9.59 Å². The topological polar surface area (TPSA) is 67.5 Å². The second-order valence-corrected chi connectivity index (χ2v) is 6.42. The van der Waals surface area contributed by atoms with Gasteiger partial charge in [-0.3, -0.25) is 9.36 Å². The van der Waals surface area contributed by atoms with Gasteiger partial charge in [-0.05, 0) is 42.5 Å². The zero-order valence-corrected chi connectivity index (χ0v) is 15.3. The van der Waals surface area contributed by atoms with Gasteiger partial charge in [-0.1, -0.05) is 36.4 Å². The minimum Gasteiger partial charge on any atom is -0.408 e. The Morgan fingerprint density at radius 2 is 1.64 bits per heavy atom. The fraction of sp³-hybridized carbons (Fsp3) is 0.0909. The van der Waals surface area contributed by atoms with Gasteiger partial charge in [0.05, 0.1) is 5.52 Å². The number of carbonyl (C=O) groups is 1. The number of oxazole rings is 1. The first-order valence-electron chi connectivity index (χ1n) is 8.89. The molecule has 0 saturated heterocycles. The molecule has 1 aromatic heterocycles. The Kier molecular flexibility index (Phi) is 4.68. The molecule has 1 N–H and O–H groups in total. The molecule has 1 heterocycles.